The van der Waals surface area contributed by atoms with E-state index in [0.29, 0.717) is 5.95 Å². The lowest BCUT2D eigenvalue weighted by Crippen LogP contribution is -2.18. The molecule has 0 atom stereocenters. The van der Waals surface area contributed by atoms with Gasteiger partial charge in [0.25, 0.3) is 5.56 Å². The molecule has 0 aliphatic rings. The Bertz CT molecular complexity index is 906. The van der Waals surface area contributed by atoms with Crippen molar-refractivity contribution in [1.82, 2.24) is 19.9 Å². The van der Waals surface area contributed by atoms with Gasteiger partial charge in [-0.1, -0.05) is 30.3 Å². The van der Waals surface area contributed by atoms with Crippen molar-refractivity contribution in [3.8, 4) is 0 Å². The van der Waals surface area contributed by atoms with Gasteiger partial charge in [0.2, 0.25) is 5.95 Å². The molecule has 3 rings (SSSR count). The van der Waals surface area contributed by atoms with Gasteiger partial charge in [0.1, 0.15) is 0 Å². The number of aryl methyl sites for hydroxylation is 3. The number of unbranched alkanes of at least 4 members (excludes halogenated alkanes) is 1. The molecule has 0 aliphatic carbocycles. The van der Waals surface area contributed by atoms with E-state index >= 15 is 0 Å². The van der Waals surface area contributed by atoms with Crippen LogP contribution in [-0.2, 0) is 18.6 Å². The highest BCUT2D eigenvalue weighted by Gasteiger charge is 2.04. The van der Waals surface area contributed by atoms with Crippen LogP contribution < -0.4 is 10.9 Å². The molecule has 0 saturated carbocycles. The Morgan fingerprint density at radius 1 is 1.11 bits per heavy atom. The molecule has 3 aromatic rings. The number of aromatic nitrogens is 4. The van der Waals surface area contributed by atoms with Gasteiger partial charge in [0.05, 0.1) is 12.0 Å². The molecule has 0 spiro atoms. The van der Waals surface area contributed by atoms with Crippen LogP contribution in [0, 0.1) is 6.92 Å². The average Bonchev–Trinajstić information content (AvgIpc) is 3.12. The number of aromatic amines is 2. The fourth-order valence-corrected chi connectivity index (χ4v) is 3.80. The smallest absolute Gasteiger partial charge is 0.255 e. The lowest BCUT2D eigenvalue weighted by atomic mass is 10.1. The molecule has 148 valence electrons. The molecule has 0 unspecified atom stereocenters. The number of rotatable bonds is 11. The third-order valence-corrected chi connectivity index (χ3v) is 5.56. The van der Waals surface area contributed by atoms with E-state index in [4.69, 9.17) is 0 Å². The fraction of sp³-hybridized carbons (Fsp3) is 0.381. The van der Waals surface area contributed by atoms with Crippen LogP contribution in [0.25, 0.3) is 0 Å². The molecule has 0 fully saturated rings. The van der Waals surface area contributed by atoms with Crippen molar-refractivity contribution in [3.63, 3.8) is 0 Å². The maximum atomic E-state index is 12.2. The molecule has 1 aromatic carbocycles. The number of anilines is 1. The van der Waals surface area contributed by atoms with Crippen LogP contribution in [0.15, 0.2) is 47.7 Å². The maximum absolute atomic E-state index is 12.2. The summed E-state index contributed by atoms with van der Waals surface area (Å²) in [6.45, 7) is 2.77. The zero-order chi connectivity index (χ0) is 19.6. The first-order valence-electron chi connectivity index (χ1n) is 9.65. The number of hydrogen-bond donors (Lipinski definition) is 3. The lowest BCUT2D eigenvalue weighted by Gasteiger charge is -2.06. The van der Waals surface area contributed by atoms with E-state index < -0.39 is 0 Å². The van der Waals surface area contributed by atoms with Crippen LogP contribution in [0.2, 0.25) is 0 Å². The van der Waals surface area contributed by atoms with Gasteiger partial charge >= 0.3 is 0 Å². The predicted molar refractivity (Wildman–Crippen MR) is 116 cm³/mol. The van der Waals surface area contributed by atoms with Gasteiger partial charge in [-0.3, -0.25) is 9.78 Å². The van der Waals surface area contributed by atoms with Crippen LogP contribution >= 0.6 is 11.8 Å². The second kappa shape index (κ2) is 10.7. The Morgan fingerprint density at radius 3 is 2.68 bits per heavy atom. The zero-order valence-electron chi connectivity index (χ0n) is 16.2. The third kappa shape index (κ3) is 6.27. The van der Waals surface area contributed by atoms with E-state index in [1.807, 2.05) is 13.0 Å². The highest BCUT2D eigenvalue weighted by atomic mass is 32.2. The van der Waals surface area contributed by atoms with Gasteiger partial charge < -0.3 is 10.3 Å². The van der Waals surface area contributed by atoms with Crippen molar-refractivity contribution in [2.75, 3.05) is 17.6 Å². The molecule has 3 N–H and O–H groups in total. The van der Waals surface area contributed by atoms with Crippen molar-refractivity contribution >= 4 is 17.7 Å². The largest absolute Gasteiger partial charge is 0.355 e. The summed E-state index contributed by atoms with van der Waals surface area (Å²) in [5, 5.41) is 3.18. The third-order valence-electron chi connectivity index (χ3n) is 4.59. The summed E-state index contributed by atoms with van der Waals surface area (Å²) in [5.74, 6) is 2.33. The Labute approximate surface area is 169 Å². The Hall–Kier alpha value is -2.54. The topological polar surface area (TPSA) is 86.5 Å². The molecular weight excluding hydrogens is 370 g/mol. The summed E-state index contributed by atoms with van der Waals surface area (Å²) in [7, 11) is 0. The van der Waals surface area contributed by atoms with Crippen LogP contribution in [0.3, 0.4) is 0 Å². The minimum Gasteiger partial charge on any atom is -0.355 e. The molecule has 7 heteroatoms. The van der Waals surface area contributed by atoms with Crippen LogP contribution in [-0.4, -0.2) is 32.2 Å². The second-order valence-electron chi connectivity index (χ2n) is 6.73. The maximum Gasteiger partial charge on any atom is 0.255 e. The predicted octanol–water partition coefficient (Wildman–Crippen LogP) is 3.71. The van der Waals surface area contributed by atoms with Gasteiger partial charge in [-0.05, 0) is 38.2 Å². The van der Waals surface area contributed by atoms with Crippen molar-refractivity contribution in [1.29, 1.82) is 0 Å². The van der Waals surface area contributed by atoms with Gasteiger partial charge in [-0.25, -0.2) is 9.97 Å². The van der Waals surface area contributed by atoms with Gasteiger partial charge in [-0.15, -0.1) is 0 Å². The quantitative estimate of drug-likeness (QED) is 0.429. The van der Waals surface area contributed by atoms with E-state index in [0.717, 1.165) is 60.7 Å². The molecule has 2 aromatic heterocycles. The van der Waals surface area contributed by atoms with Crippen LogP contribution in [0.1, 0.15) is 35.4 Å². The average molecular weight is 398 g/mol. The molecule has 0 radical (unpaired) electrons. The van der Waals surface area contributed by atoms with Gasteiger partial charge in [0, 0.05) is 35.5 Å². The highest BCUT2D eigenvalue weighted by Crippen LogP contribution is 2.12. The molecule has 6 nitrogen and oxygen atoms in total. The van der Waals surface area contributed by atoms with E-state index in [2.05, 4.69) is 49.5 Å². The molecule has 0 amide bonds. The van der Waals surface area contributed by atoms with Gasteiger partial charge in [-0.2, -0.15) is 11.8 Å². The SMILES string of the molecule is Cc1[nH]cnc1CSCCNc1ncc(CCCCc2ccccc2)c(=O)[nH]1. The first-order valence-corrected chi connectivity index (χ1v) is 10.8. The normalized spacial score (nSPS) is 10.9. The number of nitrogens with one attached hydrogen (secondary N) is 3. The number of thioether (sulfide) groups is 1. The number of hydrogen-bond acceptors (Lipinski definition) is 5. The first kappa shape index (κ1) is 20.2. The Kier molecular flexibility index (Phi) is 7.72. The molecule has 0 bridgehead atoms. The monoisotopic (exact) mass is 397 g/mol. The van der Waals surface area contributed by atoms with Crippen molar-refractivity contribution in [3.05, 3.63) is 75.7 Å². The fourth-order valence-electron chi connectivity index (χ4n) is 2.92. The summed E-state index contributed by atoms with van der Waals surface area (Å²) in [6, 6.07) is 10.4. The molecule has 2 heterocycles. The number of benzene rings is 1. The minimum atomic E-state index is -0.0444. The number of nitrogens with zero attached hydrogens (tertiary/aromatic N) is 2. The molecule has 0 saturated heterocycles. The summed E-state index contributed by atoms with van der Waals surface area (Å²) in [6.07, 6.45) is 7.27. The van der Waals surface area contributed by atoms with Gasteiger partial charge in [0.15, 0.2) is 0 Å². The Balaban J connectivity index is 1.35. The first-order chi connectivity index (χ1) is 13.7. The molecule has 0 aliphatic heterocycles. The van der Waals surface area contributed by atoms with Crippen molar-refractivity contribution in [2.24, 2.45) is 0 Å². The summed E-state index contributed by atoms with van der Waals surface area (Å²) < 4.78 is 0. The highest BCUT2D eigenvalue weighted by molar-refractivity contribution is 7.98. The van der Waals surface area contributed by atoms with E-state index in [9.17, 15) is 4.79 Å². The summed E-state index contributed by atoms with van der Waals surface area (Å²) in [5.41, 5.74) is 4.26. The summed E-state index contributed by atoms with van der Waals surface area (Å²) in [4.78, 5) is 26.8. The number of imidazole rings is 1. The molecule has 28 heavy (non-hydrogen) atoms. The summed E-state index contributed by atoms with van der Waals surface area (Å²) >= 11 is 1.80. The van der Waals surface area contributed by atoms with E-state index in [1.165, 1.54) is 5.56 Å². The second-order valence-corrected chi connectivity index (χ2v) is 7.84. The molecular formula is C21H27N5OS. The standard InChI is InChI=1S/C21H27N5OS/c1-16-19(25-15-24-16)14-28-12-11-22-21-23-13-18(20(27)26-21)10-6-5-9-17-7-3-2-4-8-17/h2-4,7-8,13,15H,5-6,9-12,14H2,1H3,(H,24,25)(H2,22,23,26,27). The lowest BCUT2D eigenvalue weighted by molar-refractivity contribution is 0.726. The minimum absolute atomic E-state index is 0.0444. The van der Waals surface area contributed by atoms with Crippen molar-refractivity contribution in [2.45, 2.75) is 38.4 Å². The zero-order valence-corrected chi connectivity index (χ0v) is 17.0. The van der Waals surface area contributed by atoms with E-state index in [-0.39, 0.29) is 5.56 Å². The van der Waals surface area contributed by atoms with E-state index in [1.54, 1.807) is 24.3 Å². The van der Waals surface area contributed by atoms with Crippen molar-refractivity contribution < 1.29 is 0 Å². The number of H-pyrrole nitrogens is 2. The van der Waals surface area contributed by atoms with Crippen LogP contribution in [0.4, 0.5) is 5.95 Å². The Morgan fingerprint density at radius 2 is 1.93 bits per heavy atom. The van der Waals surface area contributed by atoms with Crippen LogP contribution in [0.5, 0.6) is 0 Å².